The predicted molar refractivity (Wildman–Crippen MR) is 103 cm³/mol. The first-order chi connectivity index (χ1) is 13.5. The molecule has 2 amide bonds. The van der Waals surface area contributed by atoms with Gasteiger partial charge in [0.15, 0.2) is 5.54 Å². The number of nitrogens with one attached hydrogen (secondary N) is 1. The highest BCUT2D eigenvalue weighted by Crippen LogP contribution is 2.42. The van der Waals surface area contributed by atoms with Crippen molar-refractivity contribution in [3.05, 3.63) is 71.2 Å². The molecular formula is C22H20FN3O2. The summed E-state index contributed by atoms with van der Waals surface area (Å²) in [6.45, 7) is 2.35. The third-order valence-electron chi connectivity index (χ3n) is 6.08. The average Bonchev–Trinajstić information content (AvgIpc) is 3.08. The number of piperazine rings is 1. The number of para-hydroxylation sites is 1. The van der Waals surface area contributed by atoms with Crippen LogP contribution in [0.2, 0.25) is 0 Å². The van der Waals surface area contributed by atoms with E-state index in [0.29, 0.717) is 18.5 Å². The molecule has 5 nitrogen and oxygen atoms in total. The van der Waals surface area contributed by atoms with Crippen LogP contribution >= 0.6 is 0 Å². The first-order valence-corrected chi connectivity index (χ1v) is 9.43. The second-order valence-corrected chi connectivity index (χ2v) is 7.64. The average molecular weight is 377 g/mol. The number of halogens is 1. The van der Waals surface area contributed by atoms with E-state index < -0.39 is 5.54 Å². The Bertz CT molecular complexity index is 1120. The number of carbonyl (C=O) groups is 2. The summed E-state index contributed by atoms with van der Waals surface area (Å²) in [5.74, 6) is -0.657. The van der Waals surface area contributed by atoms with E-state index in [1.165, 1.54) is 11.0 Å². The van der Waals surface area contributed by atoms with E-state index in [2.05, 4.69) is 4.98 Å². The number of aromatic nitrogens is 1. The smallest absolute Gasteiger partial charge is 0.255 e. The van der Waals surface area contributed by atoms with E-state index in [4.69, 9.17) is 0 Å². The van der Waals surface area contributed by atoms with Crippen molar-refractivity contribution in [2.24, 2.45) is 0 Å². The fourth-order valence-electron chi connectivity index (χ4n) is 4.64. The molecule has 1 aromatic heterocycles. The van der Waals surface area contributed by atoms with Crippen LogP contribution in [0.15, 0.2) is 48.5 Å². The lowest BCUT2D eigenvalue weighted by atomic mass is 9.83. The monoisotopic (exact) mass is 377 g/mol. The summed E-state index contributed by atoms with van der Waals surface area (Å²) in [5, 5.41) is 1.09. The van der Waals surface area contributed by atoms with Crippen molar-refractivity contribution in [2.45, 2.75) is 25.4 Å². The minimum atomic E-state index is -1.10. The van der Waals surface area contributed by atoms with Gasteiger partial charge in [-0.2, -0.15) is 0 Å². The fourth-order valence-corrected chi connectivity index (χ4v) is 4.64. The van der Waals surface area contributed by atoms with E-state index in [-0.39, 0.29) is 30.7 Å². The summed E-state index contributed by atoms with van der Waals surface area (Å²) >= 11 is 0. The van der Waals surface area contributed by atoms with Gasteiger partial charge in [0.05, 0.1) is 5.69 Å². The summed E-state index contributed by atoms with van der Waals surface area (Å²) in [7, 11) is 0. The lowest BCUT2D eigenvalue weighted by molar-refractivity contribution is -0.166. The Morgan fingerprint density at radius 1 is 1.11 bits per heavy atom. The van der Waals surface area contributed by atoms with Gasteiger partial charge in [-0.05, 0) is 31.0 Å². The van der Waals surface area contributed by atoms with Crippen LogP contribution in [-0.2, 0) is 28.1 Å². The number of aromatic amines is 1. The van der Waals surface area contributed by atoms with Crippen LogP contribution in [0.25, 0.3) is 10.9 Å². The number of rotatable bonds is 2. The van der Waals surface area contributed by atoms with Gasteiger partial charge in [0.1, 0.15) is 12.4 Å². The van der Waals surface area contributed by atoms with Crippen molar-refractivity contribution in [3.8, 4) is 0 Å². The van der Waals surface area contributed by atoms with Crippen LogP contribution in [0, 0.1) is 5.82 Å². The zero-order chi connectivity index (χ0) is 19.5. The van der Waals surface area contributed by atoms with E-state index in [1.807, 2.05) is 24.3 Å². The lowest BCUT2D eigenvalue weighted by Gasteiger charge is -2.49. The molecule has 0 spiro atoms. The molecule has 5 rings (SSSR count). The number of hydrogen-bond donors (Lipinski definition) is 1. The highest BCUT2D eigenvalue weighted by molar-refractivity contribution is 6.00. The second kappa shape index (κ2) is 5.92. The number of hydrogen-bond acceptors (Lipinski definition) is 2. The molecule has 0 saturated carbocycles. The molecule has 6 heteroatoms. The quantitative estimate of drug-likeness (QED) is 0.747. The summed E-state index contributed by atoms with van der Waals surface area (Å²) in [5.41, 5.74) is 2.13. The number of nitrogens with zero attached hydrogens (tertiary/aromatic N) is 2. The Balaban J connectivity index is 1.60. The molecule has 28 heavy (non-hydrogen) atoms. The molecular weight excluding hydrogens is 357 g/mol. The highest BCUT2D eigenvalue weighted by Gasteiger charge is 2.54. The molecule has 0 bridgehead atoms. The normalized spacial score (nSPS) is 21.8. The van der Waals surface area contributed by atoms with Crippen LogP contribution in [0.3, 0.4) is 0 Å². The highest BCUT2D eigenvalue weighted by atomic mass is 19.1. The van der Waals surface area contributed by atoms with Gasteiger partial charge >= 0.3 is 0 Å². The minimum absolute atomic E-state index is 0.0294. The van der Waals surface area contributed by atoms with Crippen molar-refractivity contribution in [1.82, 2.24) is 14.8 Å². The Morgan fingerprint density at radius 3 is 2.68 bits per heavy atom. The van der Waals surface area contributed by atoms with Gasteiger partial charge < -0.3 is 14.8 Å². The summed E-state index contributed by atoms with van der Waals surface area (Å²) in [6, 6.07) is 14.3. The van der Waals surface area contributed by atoms with Crippen molar-refractivity contribution < 1.29 is 14.0 Å². The van der Waals surface area contributed by atoms with E-state index in [0.717, 1.165) is 22.2 Å². The number of amides is 2. The molecule has 1 fully saturated rings. The van der Waals surface area contributed by atoms with Crippen LogP contribution in [0.1, 0.15) is 23.7 Å². The molecule has 142 valence electrons. The molecule has 1 N–H and O–H groups in total. The molecule has 0 radical (unpaired) electrons. The summed E-state index contributed by atoms with van der Waals surface area (Å²) < 4.78 is 14.1. The Labute approximate surface area is 161 Å². The van der Waals surface area contributed by atoms with Crippen LogP contribution in [0.4, 0.5) is 4.39 Å². The van der Waals surface area contributed by atoms with Gasteiger partial charge in [-0.1, -0.05) is 36.4 Å². The zero-order valence-corrected chi connectivity index (χ0v) is 15.5. The molecule has 3 heterocycles. The second-order valence-electron chi connectivity index (χ2n) is 7.64. The van der Waals surface area contributed by atoms with Gasteiger partial charge in [-0.3, -0.25) is 9.59 Å². The Hall–Kier alpha value is -3.15. The largest absolute Gasteiger partial charge is 0.356 e. The molecule has 2 aliphatic heterocycles. The van der Waals surface area contributed by atoms with E-state index in [1.54, 1.807) is 30.0 Å². The topological polar surface area (TPSA) is 56.4 Å². The van der Waals surface area contributed by atoms with Crippen molar-refractivity contribution in [3.63, 3.8) is 0 Å². The lowest BCUT2D eigenvalue weighted by Crippen LogP contribution is -2.66. The summed E-state index contributed by atoms with van der Waals surface area (Å²) in [6.07, 6.45) is 0.710. The third kappa shape index (κ3) is 2.24. The molecule has 2 aliphatic rings. The molecule has 0 aliphatic carbocycles. The van der Waals surface area contributed by atoms with Crippen LogP contribution in [0.5, 0.6) is 0 Å². The Morgan fingerprint density at radius 2 is 1.86 bits per heavy atom. The minimum Gasteiger partial charge on any atom is -0.356 e. The van der Waals surface area contributed by atoms with Gasteiger partial charge in [0.25, 0.3) is 5.91 Å². The van der Waals surface area contributed by atoms with Crippen molar-refractivity contribution in [1.29, 1.82) is 0 Å². The molecule has 1 saturated heterocycles. The maximum atomic E-state index is 14.1. The first kappa shape index (κ1) is 17.0. The molecule has 1 atom stereocenters. The number of fused-ring (bicyclic) bond motifs is 5. The van der Waals surface area contributed by atoms with Crippen LogP contribution < -0.4 is 0 Å². The van der Waals surface area contributed by atoms with E-state index in [9.17, 15) is 14.0 Å². The molecule has 1 unspecified atom stereocenters. The first-order valence-electron chi connectivity index (χ1n) is 9.43. The zero-order valence-electron chi connectivity index (χ0n) is 15.5. The Kier molecular flexibility index (Phi) is 3.59. The standard InChI is InChI=1S/C22H20FN3O2/c1-22-20-16(15-7-3-5-9-18(15)24-20)10-11-26(22)19(27)13-25(21(22)28)12-14-6-2-4-8-17(14)23/h2-9,24H,10-13H2,1H3. The van der Waals surface area contributed by atoms with Crippen molar-refractivity contribution in [2.75, 3.05) is 13.1 Å². The molecule has 3 aromatic rings. The third-order valence-corrected chi connectivity index (χ3v) is 6.08. The number of H-pyrrole nitrogens is 1. The number of carbonyl (C=O) groups excluding carboxylic acids is 2. The SMILES string of the molecule is CC12C(=O)N(Cc3ccccc3F)CC(=O)N1CCc1c2[nH]c2ccccc12. The van der Waals surface area contributed by atoms with Gasteiger partial charge in [-0.15, -0.1) is 0 Å². The number of benzene rings is 2. The predicted octanol–water partition coefficient (Wildman–Crippen LogP) is 2.95. The van der Waals surface area contributed by atoms with Crippen molar-refractivity contribution >= 4 is 22.7 Å². The van der Waals surface area contributed by atoms with E-state index >= 15 is 0 Å². The van der Waals surface area contributed by atoms with Gasteiger partial charge in [0, 0.05) is 29.6 Å². The van der Waals surface area contributed by atoms with Crippen LogP contribution in [-0.4, -0.2) is 39.7 Å². The fraction of sp³-hybridized carbons (Fsp3) is 0.273. The van der Waals surface area contributed by atoms with Gasteiger partial charge in [0.2, 0.25) is 5.91 Å². The maximum Gasteiger partial charge on any atom is 0.255 e. The molecule has 2 aromatic carbocycles. The summed E-state index contributed by atoms with van der Waals surface area (Å²) in [4.78, 5) is 33.0. The maximum absolute atomic E-state index is 14.1. The van der Waals surface area contributed by atoms with Gasteiger partial charge in [-0.25, -0.2) is 4.39 Å².